The van der Waals surface area contributed by atoms with Crippen molar-refractivity contribution in [3.05, 3.63) is 47.2 Å². The van der Waals surface area contributed by atoms with Gasteiger partial charge in [0, 0.05) is 17.6 Å². The van der Waals surface area contributed by atoms with Crippen LogP contribution in [0, 0.1) is 5.82 Å². The maximum atomic E-state index is 13.1. The number of nitrogens with zero attached hydrogens (tertiary/aromatic N) is 2. The van der Waals surface area contributed by atoms with Crippen molar-refractivity contribution in [2.75, 3.05) is 0 Å². The van der Waals surface area contributed by atoms with Crippen molar-refractivity contribution in [1.82, 2.24) is 9.55 Å². The van der Waals surface area contributed by atoms with E-state index in [2.05, 4.69) is 4.98 Å². The number of hydrogen-bond donors (Lipinski definition) is 1. The largest absolute Gasteiger partial charge is 0.507 e. The third-order valence-corrected chi connectivity index (χ3v) is 3.46. The summed E-state index contributed by atoms with van der Waals surface area (Å²) in [5.41, 5.74) is 2.18. The van der Waals surface area contributed by atoms with Crippen LogP contribution < -0.4 is 0 Å². The summed E-state index contributed by atoms with van der Waals surface area (Å²) < 4.78 is 15.0. The van der Waals surface area contributed by atoms with Gasteiger partial charge in [0.15, 0.2) is 0 Å². The molecule has 0 aliphatic heterocycles. The smallest absolute Gasteiger partial charge is 0.144 e. The van der Waals surface area contributed by atoms with Crippen molar-refractivity contribution in [2.24, 2.45) is 0 Å². The molecule has 1 N–H and O–H groups in total. The summed E-state index contributed by atoms with van der Waals surface area (Å²) >= 11 is 6.01. The van der Waals surface area contributed by atoms with Crippen LogP contribution in [0.2, 0.25) is 5.02 Å². The average molecular weight is 291 g/mol. The molecule has 3 nitrogen and oxygen atoms in total. The molecule has 3 rings (SSSR count). The van der Waals surface area contributed by atoms with Gasteiger partial charge in [0.2, 0.25) is 0 Å². The van der Waals surface area contributed by atoms with Gasteiger partial charge in [-0.2, -0.15) is 0 Å². The first-order valence-electron chi connectivity index (χ1n) is 6.25. The Morgan fingerprint density at radius 1 is 1.25 bits per heavy atom. The summed E-state index contributed by atoms with van der Waals surface area (Å²) in [5.74, 6) is -0.00294. The monoisotopic (exact) mass is 290 g/mol. The molecule has 0 aliphatic carbocycles. The Kier molecular flexibility index (Phi) is 3.10. The number of fused-ring (bicyclic) bond motifs is 1. The van der Waals surface area contributed by atoms with E-state index in [0.29, 0.717) is 23.0 Å². The number of rotatable bonds is 2. The van der Waals surface area contributed by atoms with E-state index in [1.54, 1.807) is 6.07 Å². The normalized spacial score (nSPS) is 11.2. The average Bonchev–Trinajstić information content (AvgIpc) is 2.76. The van der Waals surface area contributed by atoms with Gasteiger partial charge in [-0.1, -0.05) is 11.6 Å². The van der Waals surface area contributed by atoms with E-state index in [9.17, 15) is 9.50 Å². The lowest BCUT2D eigenvalue weighted by atomic mass is 10.2. The Morgan fingerprint density at radius 3 is 2.75 bits per heavy atom. The second-order valence-corrected chi connectivity index (χ2v) is 4.91. The summed E-state index contributed by atoms with van der Waals surface area (Å²) in [6, 6.07) is 9.35. The van der Waals surface area contributed by atoms with Crippen LogP contribution in [0.5, 0.6) is 5.75 Å². The van der Waals surface area contributed by atoms with Gasteiger partial charge in [0.25, 0.3) is 0 Å². The predicted molar refractivity (Wildman–Crippen MR) is 77.5 cm³/mol. The van der Waals surface area contributed by atoms with Crippen LogP contribution >= 0.6 is 11.6 Å². The highest BCUT2D eigenvalue weighted by atomic mass is 35.5. The lowest BCUT2D eigenvalue weighted by Crippen LogP contribution is -1.97. The topological polar surface area (TPSA) is 38.0 Å². The number of benzene rings is 2. The van der Waals surface area contributed by atoms with Gasteiger partial charge in [-0.25, -0.2) is 9.37 Å². The maximum Gasteiger partial charge on any atom is 0.144 e. The molecule has 3 aromatic rings. The van der Waals surface area contributed by atoms with Crippen molar-refractivity contribution in [1.29, 1.82) is 0 Å². The van der Waals surface area contributed by atoms with Crippen molar-refractivity contribution in [3.63, 3.8) is 0 Å². The lowest BCUT2D eigenvalue weighted by molar-refractivity contribution is 0.470. The Hall–Kier alpha value is -2.07. The lowest BCUT2D eigenvalue weighted by Gasteiger charge is -2.07. The minimum atomic E-state index is -0.478. The fourth-order valence-electron chi connectivity index (χ4n) is 2.32. The number of aromatic hydroxyl groups is 1. The first-order chi connectivity index (χ1) is 9.60. The van der Waals surface area contributed by atoms with E-state index in [1.807, 2.05) is 23.6 Å². The Morgan fingerprint density at radius 2 is 2.05 bits per heavy atom. The highest BCUT2D eigenvalue weighted by Crippen LogP contribution is 2.32. The first-order valence-corrected chi connectivity index (χ1v) is 6.62. The van der Waals surface area contributed by atoms with E-state index in [-0.39, 0.29) is 5.75 Å². The van der Waals surface area contributed by atoms with E-state index in [4.69, 9.17) is 11.6 Å². The van der Waals surface area contributed by atoms with Crippen LogP contribution in [0.3, 0.4) is 0 Å². The molecule has 0 spiro atoms. The minimum Gasteiger partial charge on any atom is -0.507 e. The number of hydrogen-bond acceptors (Lipinski definition) is 2. The van der Waals surface area contributed by atoms with E-state index >= 15 is 0 Å². The van der Waals surface area contributed by atoms with Crippen LogP contribution in [-0.4, -0.2) is 14.7 Å². The fraction of sp³-hybridized carbons (Fsp3) is 0.133. The fourth-order valence-corrected chi connectivity index (χ4v) is 2.48. The molecule has 0 atom stereocenters. The van der Waals surface area contributed by atoms with Crippen molar-refractivity contribution in [3.8, 4) is 17.1 Å². The zero-order valence-corrected chi connectivity index (χ0v) is 11.5. The predicted octanol–water partition coefficient (Wildman–Crippen LogP) is 4.22. The standard InChI is InChI=1S/C15H12ClFN2O/c1-2-19-13-7-9(16)3-6-12(13)18-15(19)11-5-4-10(17)8-14(11)20/h3-8,20H,2H2,1H3. The van der Waals surface area contributed by atoms with Crippen molar-refractivity contribution < 1.29 is 9.50 Å². The quantitative estimate of drug-likeness (QED) is 0.767. The zero-order valence-electron chi connectivity index (χ0n) is 10.8. The molecule has 0 saturated heterocycles. The highest BCUT2D eigenvalue weighted by Gasteiger charge is 2.15. The number of phenols is 1. The minimum absolute atomic E-state index is 0.124. The number of halogens is 2. The van der Waals surface area contributed by atoms with Crippen molar-refractivity contribution in [2.45, 2.75) is 13.5 Å². The van der Waals surface area contributed by atoms with Gasteiger partial charge in [0.05, 0.1) is 16.6 Å². The first kappa shape index (κ1) is 12.9. The zero-order chi connectivity index (χ0) is 14.3. The van der Waals surface area contributed by atoms with Crippen molar-refractivity contribution >= 4 is 22.6 Å². The van der Waals surface area contributed by atoms with Gasteiger partial charge in [-0.05, 0) is 37.3 Å². The Bertz CT molecular complexity index is 798. The molecule has 102 valence electrons. The van der Waals surface area contributed by atoms with Gasteiger partial charge >= 0.3 is 0 Å². The highest BCUT2D eigenvalue weighted by molar-refractivity contribution is 6.31. The third-order valence-electron chi connectivity index (χ3n) is 3.23. The van der Waals surface area contributed by atoms with Gasteiger partial charge < -0.3 is 9.67 Å². The molecule has 0 amide bonds. The SMILES string of the molecule is CCn1c(-c2ccc(F)cc2O)nc2ccc(Cl)cc21. The van der Waals surface area contributed by atoms with E-state index < -0.39 is 5.82 Å². The van der Waals surface area contributed by atoms with Crippen LogP contribution in [0.4, 0.5) is 4.39 Å². The molecule has 5 heteroatoms. The van der Waals surface area contributed by atoms with E-state index in [1.165, 1.54) is 12.1 Å². The number of phenolic OH excluding ortho intramolecular Hbond substituents is 1. The van der Waals surface area contributed by atoms with Crippen LogP contribution in [0.15, 0.2) is 36.4 Å². The molecule has 1 aromatic heterocycles. The molecule has 0 saturated carbocycles. The number of aryl methyl sites for hydroxylation is 1. The maximum absolute atomic E-state index is 13.1. The molecule has 0 unspecified atom stereocenters. The number of imidazole rings is 1. The molecular formula is C15H12ClFN2O. The second kappa shape index (κ2) is 4.80. The van der Waals surface area contributed by atoms with Crippen LogP contribution in [0.1, 0.15) is 6.92 Å². The molecule has 0 fully saturated rings. The molecule has 2 aromatic carbocycles. The number of aromatic nitrogens is 2. The summed E-state index contributed by atoms with van der Waals surface area (Å²) in [6.45, 7) is 2.65. The molecule has 1 heterocycles. The van der Waals surface area contributed by atoms with Gasteiger partial charge in [-0.3, -0.25) is 0 Å². The van der Waals surface area contributed by atoms with Gasteiger partial charge in [0.1, 0.15) is 17.4 Å². The second-order valence-electron chi connectivity index (χ2n) is 4.47. The summed E-state index contributed by atoms with van der Waals surface area (Å²) in [7, 11) is 0. The molecule has 20 heavy (non-hydrogen) atoms. The molecule has 0 radical (unpaired) electrons. The van der Waals surface area contributed by atoms with E-state index in [0.717, 1.165) is 17.1 Å². The van der Waals surface area contributed by atoms with Gasteiger partial charge in [-0.15, -0.1) is 0 Å². The molecule has 0 aliphatic rings. The summed E-state index contributed by atoms with van der Waals surface area (Å²) in [4.78, 5) is 4.51. The molecule has 0 bridgehead atoms. The van der Waals surface area contributed by atoms with Crippen LogP contribution in [-0.2, 0) is 6.54 Å². The third kappa shape index (κ3) is 2.02. The van der Waals surface area contributed by atoms with Crippen LogP contribution in [0.25, 0.3) is 22.4 Å². The summed E-state index contributed by atoms with van der Waals surface area (Å²) in [6.07, 6.45) is 0. The Balaban J connectivity index is 2.30. The summed E-state index contributed by atoms with van der Waals surface area (Å²) in [5, 5.41) is 10.6. The molecular weight excluding hydrogens is 279 g/mol. The Labute approximate surface area is 120 Å².